The van der Waals surface area contributed by atoms with Crippen molar-refractivity contribution >= 4 is 0 Å². The summed E-state index contributed by atoms with van der Waals surface area (Å²) in [7, 11) is 0. The summed E-state index contributed by atoms with van der Waals surface area (Å²) in [5.74, 6) is 0. The first-order valence-corrected chi connectivity index (χ1v) is 17.7. The number of ether oxygens (including phenoxy) is 1. The first-order chi connectivity index (χ1) is 18.6. The van der Waals surface area contributed by atoms with Crippen molar-refractivity contribution in [3.05, 3.63) is 0 Å². The smallest absolute Gasteiger partial charge is 0.126 e. The zero-order valence-corrected chi connectivity index (χ0v) is 28.2. The molecule has 0 saturated carbocycles. The third kappa shape index (κ3) is 28.1. The molecular formula is C35H74ClNO2. The molecule has 0 aromatic rings. The van der Waals surface area contributed by atoms with Crippen molar-refractivity contribution < 1.29 is 26.7 Å². The molecular weight excluding hydrogens is 502 g/mol. The summed E-state index contributed by atoms with van der Waals surface area (Å²) < 4.78 is 7.13. The Kier molecular flexibility index (Phi) is 34.6. The van der Waals surface area contributed by atoms with Gasteiger partial charge in [0.15, 0.2) is 0 Å². The maximum absolute atomic E-state index is 11.1. The summed E-state index contributed by atoms with van der Waals surface area (Å²) in [5, 5.41) is 11.1. The van der Waals surface area contributed by atoms with Crippen LogP contribution in [0.3, 0.4) is 0 Å². The van der Waals surface area contributed by atoms with Crippen LogP contribution in [-0.2, 0) is 4.74 Å². The largest absolute Gasteiger partial charge is 1.00 e. The van der Waals surface area contributed by atoms with Gasteiger partial charge in [-0.15, -0.1) is 0 Å². The van der Waals surface area contributed by atoms with Gasteiger partial charge in [-0.25, -0.2) is 0 Å². The first-order valence-electron chi connectivity index (χ1n) is 17.7. The monoisotopic (exact) mass is 576 g/mol. The van der Waals surface area contributed by atoms with Crippen molar-refractivity contribution in [3.8, 4) is 0 Å². The van der Waals surface area contributed by atoms with Gasteiger partial charge in [-0.2, -0.15) is 0 Å². The standard InChI is InChI=1S/C35H74NO2.ClH/c1-5-9-13-17-21-25-29-36(30-26-22-18-14-10-6-2,31-27-23-19-15-11-7-3)33-35(37)34-38-32-28-24-20-16-12-8-4;/h35,37H,5-34H2,1-4H3;1H/q+1;/p-1. The minimum absolute atomic E-state index is 0. The second kappa shape index (κ2) is 32.7. The molecule has 0 aromatic heterocycles. The second-order valence-electron chi connectivity index (χ2n) is 12.5. The Morgan fingerprint density at radius 2 is 0.769 bits per heavy atom. The quantitative estimate of drug-likeness (QED) is 0.0660. The van der Waals surface area contributed by atoms with Gasteiger partial charge in [-0.05, 0) is 44.9 Å². The van der Waals surface area contributed by atoms with Crippen molar-refractivity contribution in [2.24, 2.45) is 0 Å². The van der Waals surface area contributed by atoms with E-state index in [1.807, 2.05) is 0 Å². The van der Waals surface area contributed by atoms with E-state index in [2.05, 4.69) is 27.7 Å². The van der Waals surface area contributed by atoms with Crippen molar-refractivity contribution in [1.82, 2.24) is 0 Å². The lowest BCUT2D eigenvalue weighted by Gasteiger charge is -2.41. The van der Waals surface area contributed by atoms with Crippen LogP contribution < -0.4 is 12.4 Å². The van der Waals surface area contributed by atoms with Crippen LogP contribution >= 0.6 is 0 Å². The maximum atomic E-state index is 11.1. The lowest BCUT2D eigenvalue weighted by atomic mass is 10.1. The van der Waals surface area contributed by atoms with E-state index < -0.39 is 0 Å². The molecule has 0 spiro atoms. The highest BCUT2D eigenvalue weighted by molar-refractivity contribution is 4.59. The van der Waals surface area contributed by atoms with Crippen LogP contribution in [0.4, 0.5) is 0 Å². The molecule has 0 fully saturated rings. The van der Waals surface area contributed by atoms with Crippen molar-refractivity contribution in [1.29, 1.82) is 0 Å². The summed E-state index contributed by atoms with van der Waals surface area (Å²) >= 11 is 0. The maximum Gasteiger partial charge on any atom is 0.126 e. The van der Waals surface area contributed by atoms with Crippen molar-refractivity contribution in [3.63, 3.8) is 0 Å². The lowest BCUT2D eigenvalue weighted by molar-refractivity contribution is -0.931. The second-order valence-corrected chi connectivity index (χ2v) is 12.5. The fourth-order valence-electron chi connectivity index (χ4n) is 6.00. The zero-order chi connectivity index (χ0) is 28.0. The zero-order valence-electron chi connectivity index (χ0n) is 27.5. The molecule has 0 aliphatic heterocycles. The summed E-state index contributed by atoms with van der Waals surface area (Å²) in [6.07, 6.45) is 31.9. The molecule has 1 N–H and O–H groups in total. The van der Waals surface area contributed by atoms with Gasteiger partial charge in [0.1, 0.15) is 12.6 Å². The number of unbranched alkanes of at least 4 members (excludes halogenated alkanes) is 20. The van der Waals surface area contributed by atoms with Crippen LogP contribution in [-0.4, -0.2) is 55.1 Å². The molecule has 0 aromatic carbocycles. The molecule has 3 nitrogen and oxygen atoms in total. The first kappa shape index (κ1) is 41.3. The minimum Gasteiger partial charge on any atom is -1.00 e. The van der Waals surface area contributed by atoms with Crippen LogP contribution in [0.5, 0.6) is 0 Å². The highest BCUT2D eigenvalue weighted by Crippen LogP contribution is 2.20. The van der Waals surface area contributed by atoms with Crippen molar-refractivity contribution in [2.45, 2.75) is 188 Å². The van der Waals surface area contributed by atoms with Gasteiger partial charge in [0.2, 0.25) is 0 Å². The molecule has 1 atom stereocenters. The summed E-state index contributed by atoms with van der Waals surface area (Å²) in [6, 6.07) is 0. The lowest BCUT2D eigenvalue weighted by Crippen LogP contribution is -3.00. The fourth-order valence-corrected chi connectivity index (χ4v) is 6.00. The SMILES string of the molecule is CCCCCCCCOCC(O)C[N+](CCCCCCCC)(CCCCCCCC)CCCCCCCC.[Cl-]. The van der Waals surface area contributed by atoms with Crippen LogP contribution in [0.25, 0.3) is 0 Å². The number of aliphatic hydroxyl groups is 1. The van der Waals surface area contributed by atoms with Crippen molar-refractivity contribution in [2.75, 3.05) is 39.4 Å². The van der Waals surface area contributed by atoms with Gasteiger partial charge in [0.05, 0.1) is 26.2 Å². The molecule has 0 amide bonds. The third-order valence-electron chi connectivity index (χ3n) is 8.51. The van der Waals surface area contributed by atoms with E-state index in [1.165, 1.54) is 167 Å². The predicted molar refractivity (Wildman–Crippen MR) is 170 cm³/mol. The topological polar surface area (TPSA) is 29.5 Å². The Morgan fingerprint density at radius 1 is 0.462 bits per heavy atom. The van der Waals surface area contributed by atoms with E-state index in [0.717, 1.165) is 24.1 Å². The Balaban J connectivity index is 0. The van der Waals surface area contributed by atoms with Gasteiger partial charge in [0.25, 0.3) is 0 Å². The van der Waals surface area contributed by atoms with Gasteiger partial charge in [-0.1, -0.05) is 137 Å². The summed E-state index contributed by atoms with van der Waals surface area (Å²) in [4.78, 5) is 0. The fraction of sp³-hybridized carbons (Fsp3) is 1.00. The van der Waals surface area contributed by atoms with Crippen LogP contribution in [0, 0.1) is 0 Å². The van der Waals surface area contributed by atoms with E-state index in [1.54, 1.807) is 0 Å². The van der Waals surface area contributed by atoms with Crippen LogP contribution in [0.1, 0.15) is 182 Å². The van der Waals surface area contributed by atoms with E-state index in [0.29, 0.717) is 6.61 Å². The average Bonchev–Trinajstić information content (AvgIpc) is 2.91. The average molecular weight is 576 g/mol. The van der Waals surface area contributed by atoms with Gasteiger partial charge in [0, 0.05) is 6.61 Å². The number of nitrogens with zero attached hydrogens (tertiary/aromatic N) is 1. The van der Waals surface area contributed by atoms with E-state index in [9.17, 15) is 5.11 Å². The summed E-state index contributed by atoms with van der Waals surface area (Å²) in [6.45, 7) is 15.2. The molecule has 0 aliphatic rings. The molecule has 1 unspecified atom stereocenters. The van der Waals surface area contributed by atoms with Crippen LogP contribution in [0.15, 0.2) is 0 Å². The Bertz CT molecular complexity index is 408. The Labute approximate surface area is 253 Å². The van der Waals surface area contributed by atoms with Crippen LogP contribution in [0.2, 0.25) is 0 Å². The Hall–Kier alpha value is 0.170. The van der Waals surface area contributed by atoms with E-state index in [4.69, 9.17) is 4.74 Å². The Morgan fingerprint density at radius 3 is 1.13 bits per heavy atom. The molecule has 0 rings (SSSR count). The third-order valence-corrected chi connectivity index (χ3v) is 8.51. The van der Waals surface area contributed by atoms with E-state index >= 15 is 0 Å². The molecule has 0 saturated heterocycles. The predicted octanol–water partition coefficient (Wildman–Crippen LogP) is 7.63. The summed E-state index contributed by atoms with van der Waals surface area (Å²) in [5.41, 5.74) is 0. The molecule has 39 heavy (non-hydrogen) atoms. The van der Waals surface area contributed by atoms with Gasteiger partial charge < -0.3 is 26.7 Å². The number of hydrogen-bond donors (Lipinski definition) is 1. The minimum atomic E-state index is -0.324. The molecule has 0 heterocycles. The molecule has 4 heteroatoms. The number of halogens is 1. The highest BCUT2D eigenvalue weighted by atomic mass is 35.5. The normalized spacial score (nSPS) is 12.5. The number of aliphatic hydroxyl groups excluding tert-OH is 1. The number of rotatable bonds is 32. The molecule has 0 radical (unpaired) electrons. The highest BCUT2D eigenvalue weighted by Gasteiger charge is 2.29. The van der Waals surface area contributed by atoms with E-state index in [-0.39, 0.29) is 18.5 Å². The van der Waals surface area contributed by atoms with Gasteiger partial charge >= 0.3 is 0 Å². The number of hydrogen-bond acceptors (Lipinski definition) is 2. The molecule has 0 bridgehead atoms. The number of quaternary nitrogens is 1. The molecule has 238 valence electrons. The molecule has 0 aliphatic carbocycles. The van der Waals surface area contributed by atoms with Gasteiger partial charge in [-0.3, -0.25) is 0 Å².